The Morgan fingerprint density at radius 2 is 2.37 bits per heavy atom. The predicted octanol–water partition coefficient (Wildman–Crippen LogP) is 2.01. The van der Waals surface area contributed by atoms with Crippen LogP contribution in [0.5, 0.6) is 0 Å². The Labute approximate surface area is 118 Å². The van der Waals surface area contributed by atoms with E-state index in [0.717, 1.165) is 37.2 Å². The Morgan fingerprint density at radius 3 is 3.11 bits per heavy atom. The van der Waals surface area contributed by atoms with E-state index in [4.69, 9.17) is 17.3 Å². The molecule has 1 fully saturated rings. The minimum atomic E-state index is -0.0144. The van der Waals surface area contributed by atoms with Gasteiger partial charge in [-0.15, -0.1) is 0 Å². The molecule has 0 aromatic heterocycles. The normalized spacial score (nSPS) is 20.3. The number of benzene rings is 1. The van der Waals surface area contributed by atoms with Crippen molar-refractivity contribution >= 4 is 23.2 Å². The quantitative estimate of drug-likeness (QED) is 0.891. The minimum absolute atomic E-state index is 0.0144. The van der Waals surface area contributed by atoms with Gasteiger partial charge >= 0.3 is 0 Å². The summed E-state index contributed by atoms with van der Waals surface area (Å²) in [5.74, 6) is -0.0144. The number of amides is 1. The number of aryl methyl sites for hydroxylation is 1. The second kappa shape index (κ2) is 6.37. The van der Waals surface area contributed by atoms with Gasteiger partial charge in [0.25, 0.3) is 0 Å². The molecular formula is C14H20ClN3O. The van der Waals surface area contributed by atoms with Crippen LogP contribution in [0.1, 0.15) is 18.4 Å². The average Bonchev–Trinajstić information content (AvgIpc) is 2.34. The van der Waals surface area contributed by atoms with Gasteiger partial charge in [0, 0.05) is 23.3 Å². The highest BCUT2D eigenvalue weighted by atomic mass is 35.5. The van der Waals surface area contributed by atoms with Crippen LogP contribution in [0, 0.1) is 6.92 Å². The van der Waals surface area contributed by atoms with Crippen LogP contribution in [-0.2, 0) is 4.79 Å². The fourth-order valence-corrected chi connectivity index (χ4v) is 2.53. The van der Waals surface area contributed by atoms with Crippen LogP contribution in [0.25, 0.3) is 0 Å². The summed E-state index contributed by atoms with van der Waals surface area (Å²) in [6.07, 6.45) is 2.11. The summed E-state index contributed by atoms with van der Waals surface area (Å²) in [6, 6.07) is 5.68. The molecule has 0 radical (unpaired) electrons. The van der Waals surface area contributed by atoms with Gasteiger partial charge in [0.2, 0.25) is 5.91 Å². The van der Waals surface area contributed by atoms with Crippen LogP contribution >= 0.6 is 11.6 Å². The summed E-state index contributed by atoms with van der Waals surface area (Å²) in [5.41, 5.74) is 7.69. The first kappa shape index (κ1) is 14.3. The summed E-state index contributed by atoms with van der Waals surface area (Å²) in [4.78, 5) is 14.1. The van der Waals surface area contributed by atoms with Crippen LogP contribution in [0.15, 0.2) is 18.2 Å². The average molecular weight is 282 g/mol. The van der Waals surface area contributed by atoms with Gasteiger partial charge < -0.3 is 11.1 Å². The van der Waals surface area contributed by atoms with Crippen molar-refractivity contribution in [3.05, 3.63) is 28.8 Å². The minimum Gasteiger partial charge on any atom is -0.327 e. The molecule has 1 unspecified atom stereocenters. The van der Waals surface area contributed by atoms with Crippen molar-refractivity contribution in [1.29, 1.82) is 0 Å². The maximum Gasteiger partial charge on any atom is 0.238 e. The van der Waals surface area contributed by atoms with Crippen molar-refractivity contribution < 1.29 is 4.79 Å². The van der Waals surface area contributed by atoms with Crippen molar-refractivity contribution in [3.63, 3.8) is 0 Å². The number of rotatable bonds is 3. The van der Waals surface area contributed by atoms with Crippen molar-refractivity contribution in [2.75, 3.05) is 25.0 Å². The molecule has 104 valence electrons. The first-order chi connectivity index (χ1) is 9.04. The van der Waals surface area contributed by atoms with Crippen molar-refractivity contribution in [2.24, 2.45) is 5.73 Å². The molecule has 1 aliphatic rings. The molecule has 0 spiro atoms. The fraction of sp³-hybridized carbons (Fsp3) is 0.500. The number of hydrogen-bond acceptors (Lipinski definition) is 3. The Hall–Kier alpha value is -1.10. The third-order valence-corrected chi connectivity index (χ3v) is 3.62. The lowest BCUT2D eigenvalue weighted by atomic mass is 10.1. The zero-order valence-electron chi connectivity index (χ0n) is 11.2. The molecule has 1 aromatic rings. The summed E-state index contributed by atoms with van der Waals surface area (Å²) in [7, 11) is 0. The van der Waals surface area contributed by atoms with E-state index in [2.05, 4.69) is 10.2 Å². The standard InChI is InChI=1S/C14H20ClN3O/c1-10-4-5-11(15)7-13(10)17-14(19)9-18-6-2-3-12(16)8-18/h4-5,7,12H,2-3,6,8-9,16H2,1H3,(H,17,19). The molecule has 0 bridgehead atoms. The number of nitrogens with one attached hydrogen (secondary N) is 1. The lowest BCUT2D eigenvalue weighted by molar-refractivity contribution is -0.117. The number of piperidine rings is 1. The molecule has 5 heteroatoms. The second-order valence-electron chi connectivity index (χ2n) is 5.14. The highest BCUT2D eigenvalue weighted by Crippen LogP contribution is 2.20. The van der Waals surface area contributed by atoms with Crippen molar-refractivity contribution in [1.82, 2.24) is 4.90 Å². The molecule has 1 amide bonds. The van der Waals surface area contributed by atoms with E-state index in [1.165, 1.54) is 0 Å². The van der Waals surface area contributed by atoms with E-state index < -0.39 is 0 Å². The molecule has 1 aliphatic heterocycles. The van der Waals surface area contributed by atoms with Gasteiger partial charge in [0.1, 0.15) is 0 Å². The SMILES string of the molecule is Cc1ccc(Cl)cc1NC(=O)CN1CCCC(N)C1. The first-order valence-electron chi connectivity index (χ1n) is 6.58. The van der Waals surface area contributed by atoms with Gasteiger partial charge in [0.15, 0.2) is 0 Å². The number of likely N-dealkylation sites (tertiary alicyclic amines) is 1. The number of carbonyl (C=O) groups excluding carboxylic acids is 1. The Balaban J connectivity index is 1.92. The van der Waals surface area contributed by atoms with E-state index in [1.807, 2.05) is 19.1 Å². The summed E-state index contributed by atoms with van der Waals surface area (Å²) >= 11 is 5.93. The highest BCUT2D eigenvalue weighted by Gasteiger charge is 2.19. The number of halogens is 1. The molecule has 4 nitrogen and oxygen atoms in total. The Bertz CT molecular complexity index is 464. The molecule has 1 heterocycles. The summed E-state index contributed by atoms with van der Waals surface area (Å²) in [6.45, 7) is 4.07. The van der Waals surface area contributed by atoms with Gasteiger partial charge in [0.05, 0.1) is 6.54 Å². The molecule has 0 aliphatic carbocycles. The molecule has 1 atom stereocenters. The van der Waals surface area contributed by atoms with Crippen molar-refractivity contribution in [2.45, 2.75) is 25.8 Å². The lowest BCUT2D eigenvalue weighted by Gasteiger charge is -2.30. The van der Waals surface area contributed by atoms with E-state index in [-0.39, 0.29) is 11.9 Å². The first-order valence-corrected chi connectivity index (χ1v) is 6.96. The summed E-state index contributed by atoms with van der Waals surface area (Å²) in [5, 5.41) is 3.53. The smallest absolute Gasteiger partial charge is 0.238 e. The third kappa shape index (κ3) is 4.20. The van der Waals surface area contributed by atoms with Crippen LogP contribution in [0.2, 0.25) is 5.02 Å². The van der Waals surface area contributed by atoms with E-state index >= 15 is 0 Å². The molecule has 0 saturated carbocycles. The molecule has 19 heavy (non-hydrogen) atoms. The van der Waals surface area contributed by atoms with Gasteiger partial charge in [-0.25, -0.2) is 0 Å². The van der Waals surface area contributed by atoms with Gasteiger partial charge in [-0.05, 0) is 44.0 Å². The van der Waals surface area contributed by atoms with Gasteiger partial charge in [-0.2, -0.15) is 0 Å². The zero-order chi connectivity index (χ0) is 13.8. The number of hydrogen-bond donors (Lipinski definition) is 2. The Kier molecular flexibility index (Phi) is 4.80. The second-order valence-corrected chi connectivity index (χ2v) is 5.58. The monoisotopic (exact) mass is 281 g/mol. The van der Waals surface area contributed by atoms with E-state index in [0.29, 0.717) is 11.6 Å². The molecule has 1 saturated heterocycles. The van der Waals surface area contributed by atoms with Crippen LogP contribution < -0.4 is 11.1 Å². The summed E-state index contributed by atoms with van der Waals surface area (Å²) < 4.78 is 0. The van der Waals surface area contributed by atoms with E-state index in [9.17, 15) is 4.79 Å². The molecule has 3 N–H and O–H groups in total. The van der Waals surface area contributed by atoms with Crippen LogP contribution in [0.4, 0.5) is 5.69 Å². The largest absolute Gasteiger partial charge is 0.327 e. The maximum absolute atomic E-state index is 12.0. The fourth-order valence-electron chi connectivity index (χ4n) is 2.36. The van der Waals surface area contributed by atoms with Crippen molar-refractivity contribution in [3.8, 4) is 0 Å². The zero-order valence-corrected chi connectivity index (χ0v) is 11.9. The van der Waals surface area contributed by atoms with Gasteiger partial charge in [-0.3, -0.25) is 9.69 Å². The van der Waals surface area contributed by atoms with Gasteiger partial charge in [-0.1, -0.05) is 17.7 Å². The van der Waals surface area contributed by atoms with Crippen LogP contribution in [-0.4, -0.2) is 36.5 Å². The lowest BCUT2D eigenvalue weighted by Crippen LogP contribution is -2.45. The third-order valence-electron chi connectivity index (χ3n) is 3.38. The number of nitrogens with zero attached hydrogens (tertiary/aromatic N) is 1. The molecular weight excluding hydrogens is 262 g/mol. The number of nitrogens with two attached hydrogens (primary N) is 1. The van der Waals surface area contributed by atoms with E-state index in [1.54, 1.807) is 6.07 Å². The van der Waals surface area contributed by atoms with Crippen LogP contribution in [0.3, 0.4) is 0 Å². The predicted molar refractivity (Wildman–Crippen MR) is 78.5 cm³/mol. The number of carbonyl (C=O) groups is 1. The topological polar surface area (TPSA) is 58.4 Å². The molecule has 1 aromatic carbocycles. The molecule has 2 rings (SSSR count). The maximum atomic E-state index is 12.0. The highest BCUT2D eigenvalue weighted by molar-refractivity contribution is 6.31. The Morgan fingerprint density at radius 1 is 1.58 bits per heavy atom. The number of anilines is 1.